The second-order valence-electron chi connectivity index (χ2n) is 3.19. The molecule has 3 heteroatoms. The lowest BCUT2D eigenvalue weighted by atomic mass is 10.0. The molecule has 0 heterocycles. The molecule has 0 spiro atoms. The fourth-order valence-corrected chi connectivity index (χ4v) is 1.77. The highest BCUT2D eigenvalue weighted by Gasteiger charge is 2.08. The van der Waals surface area contributed by atoms with E-state index in [0.29, 0.717) is 15.7 Å². The Bertz CT molecular complexity index is 480. The van der Waals surface area contributed by atoms with Crippen molar-refractivity contribution >= 4 is 28.9 Å². The van der Waals surface area contributed by atoms with Gasteiger partial charge < -0.3 is 5.73 Å². The average Bonchev–Trinajstić information content (AvgIpc) is 2.27. The first-order valence-corrected chi connectivity index (χ1v) is 5.24. The lowest BCUT2D eigenvalue weighted by molar-refractivity contribution is 1.61. The lowest BCUT2D eigenvalue weighted by Gasteiger charge is -2.08. The summed E-state index contributed by atoms with van der Waals surface area (Å²) in [6, 6.07) is 13.5. The third kappa shape index (κ3) is 1.94. The number of benzene rings is 2. The van der Waals surface area contributed by atoms with Crippen LogP contribution in [0.5, 0.6) is 0 Å². The Morgan fingerprint density at radius 1 is 0.867 bits per heavy atom. The number of nitrogens with two attached hydrogens (primary N) is 1. The van der Waals surface area contributed by atoms with Crippen LogP contribution >= 0.6 is 23.2 Å². The Kier molecular flexibility index (Phi) is 2.85. The SMILES string of the molecule is Nc1c(-c2ccccc2)ccc(Cl)c1Cl. The van der Waals surface area contributed by atoms with E-state index in [0.717, 1.165) is 11.1 Å². The summed E-state index contributed by atoms with van der Waals surface area (Å²) >= 11 is 11.8. The van der Waals surface area contributed by atoms with E-state index in [2.05, 4.69) is 0 Å². The summed E-state index contributed by atoms with van der Waals surface area (Å²) in [5, 5.41) is 0.895. The standard InChI is InChI=1S/C12H9Cl2N/c13-10-7-6-9(12(15)11(10)14)8-4-2-1-3-5-8/h1-7H,15H2. The maximum absolute atomic E-state index is 5.98. The van der Waals surface area contributed by atoms with E-state index < -0.39 is 0 Å². The van der Waals surface area contributed by atoms with Gasteiger partial charge in [-0.25, -0.2) is 0 Å². The van der Waals surface area contributed by atoms with Crippen molar-refractivity contribution in [2.45, 2.75) is 0 Å². The second kappa shape index (κ2) is 4.13. The minimum absolute atomic E-state index is 0.415. The first-order valence-electron chi connectivity index (χ1n) is 4.49. The van der Waals surface area contributed by atoms with Crippen molar-refractivity contribution in [3.63, 3.8) is 0 Å². The molecular formula is C12H9Cl2N. The smallest absolute Gasteiger partial charge is 0.0827 e. The molecule has 0 aliphatic rings. The van der Waals surface area contributed by atoms with Gasteiger partial charge in [-0.15, -0.1) is 0 Å². The van der Waals surface area contributed by atoms with Crippen LogP contribution in [-0.2, 0) is 0 Å². The van der Waals surface area contributed by atoms with Gasteiger partial charge in [-0.05, 0) is 11.6 Å². The molecule has 0 saturated carbocycles. The number of nitrogen functional groups attached to an aromatic ring is 1. The van der Waals surface area contributed by atoms with Gasteiger partial charge in [0.05, 0.1) is 15.7 Å². The summed E-state index contributed by atoms with van der Waals surface area (Å²) < 4.78 is 0. The van der Waals surface area contributed by atoms with E-state index >= 15 is 0 Å². The van der Waals surface area contributed by atoms with Crippen LogP contribution in [0.4, 0.5) is 5.69 Å². The van der Waals surface area contributed by atoms with Crippen molar-refractivity contribution in [2.24, 2.45) is 0 Å². The van der Waals surface area contributed by atoms with Gasteiger partial charge in [0.25, 0.3) is 0 Å². The highest BCUT2D eigenvalue weighted by Crippen LogP contribution is 2.36. The highest BCUT2D eigenvalue weighted by molar-refractivity contribution is 6.44. The van der Waals surface area contributed by atoms with Crippen LogP contribution in [0.15, 0.2) is 42.5 Å². The average molecular weight is 238 g/mol. The highest BCUT2D eigenvalue weighted by atomic mass is 35.5. The van der Waals surface area contributed by atoms with Gasteiger partial charge in [-0.3, -0.25) is 0 Å². The van der Waals surface area contributed by atoms with Crippen LogP contribution < -0.4 is 5.73 Å². The van der Waals surface area contributed by atoms with Gasteiger partial charge >= 0.3 is 0 Å². The van der Waals surface area contributed by atoms with Crippen LogP contribution in [0, 0.1) is 0 Å². The maximum atomic E-state index is 5.98. The van der Waals surface area contributed by atoms with Crippen molar-refractivity contribution in [1.82, 2.24) is 0 Å². The van der Waals surface area contributed by atoms with Crippen LogP contribution in [0.25, 0.3) is 11.1 Å². The summed E-state index contributed by atoms with van der Waals surface area (Å²) in [5.74, 6) is 0. The molecule has 76 valence electrons. The van der Waals surface area contributed by atoms with Crippen LogP contribution in [0.3, 0.4) is 0 Å². The molecule has 0 atom stereocenters. The normalized spacial score (nSPS) is 10.3. The fraction of sp³-hybridized carbons (Fsp3) is 0. The Hall–Kier alpha value is -1.18. The fourth-order valence-electron chi connectivity index (χ4n) is 1.44. The Labute approximate surface area is 98.4 Å². The maximum Gasteiger partial charge on any atom is 0.0827 e. The van der Waals surface area contributed by atoms with Crippen LogP contribution in [0.2, 0.25) is 10.0 Å². The molecule has 2 rings (SSSR count). The van der Waals surface area contributed by atoms with Gasteiger partial charge in [0.1, 0.15) is 0 Å². The molecule has 0 unspecified atom stereocenters. The molecular weight excluding hydrogens is 229 g/mol. The first kappa shape index (κ1) is 10.3. The molecule has 0 aromatic heterocycles. The molecule has 0 amide bonds. The van der Waals surface area contributed by atoms with Crippen molar-refractivity contribution in [2.75, 3.05) is 5.73 Å². The molecule has 15 heavy (non-hydrogen) atoms. The summed E-state index contributed by atoms with van der Waals surface area (Å²) in [7, 11) is 0. The molecule has 0 aliphatic carbocycles. The number of halogens is 2. The molecule has 0 saturated heterocycles. The molecule has 0 bridgehead atoms. The molecule has 0 radical (unpaired) electrons. The second-order valence-corrected chi connectivity index (χ2v) is 3.97. The van der Waals surface area contributed by atoms with Crippen LogP contribution in [-0.4, -0.2) is 0 Å². The van der Waals surface area contributed by atoms with Gasteiger partial charge in [-0.2, -0.15) is 0 Å². The molecule has 2 aromatic carbocycles. The zero-order chi connectivity index (χ0) is 10.8. The van der Waals surface area contributed by atoms with Gasteiger partial charge in [-0.1, -0.05) is 59.6 Å². The summed E-state index contributed by atoms with van der Waals surface area (Å²) in [5.41, 5.74) is 8.37. The quantitative estimate of drug-likeness (QED) is 0.738. The van der Waals surface area contributed by atoms with E-state index in [9.17, 15) is 0 Å². The third-order valence-corrected chi connectivity index (χ3v) is 3.04. The molecule has 1 nitrogen and oxygen atoms in total. The zero-order valence-corrected chi connectivity index (χ0v) is 9.39. The lowest BCUT2D eigenvalue weighted by Crippen LogP contribution is -1.91. The molecule has 2 N–H and O–H groups in total. The van der Waals surface area contributed by atoms with Crippen molar-refractivity contribution in [3.05, 3.63) is 52.5 Å². The largest absolute Gasteiger partial charge is 0.397 e. The predicted molar refractivity (Wildman–Crippen MR) is 66.3 cm³/mol. The summed E-state index contributed by atoms with van der Waals surface area (Å²) in [4.78, 5) is 0. The Morgan fingerprint density at radius 2 is 1.53 bits per heavy atom. The summed E-state index contributed by atoms with van der Waals surface area (Å²) in [6.07, 6.45) is 0. The predicted octanol–water partition coefficient (Wildman–Crippen LogP) is 4.24. The minimum Gasteiger partial charge on any atom is -0.397 e. The monoisotopic (exact) mass is 237 g/mol. The third-order valence-electron chi connectivity index (χ3n) is 2.22. The Balaban J connectivity index is 2.60. The van der Waals surface area contributed by atoms with Crippen LogP contribution in [0.1, 0.15) is 0 Å². The number of anilines is 1. The van der Waals surface area contributed by atoms with E-state index in [-0.39, 0.29) is 0 Å². The van der Waals surface area contributed by atoms with E-state index in [1.165, 1.54) is 0 Å². The molecule has 2 aromatic rings. The number of rotatable bonds is 1. The van der Waals surface area contributed by atoms with Crippen molar-refractivity contribution in [3.8, 4) is 11.1 Å². The van der Waals surface area contributed by atoms with E-state index in [4.69, 9.17) is 28.9 Å². The minimum atomic E-state index is 0.415. The van der Waals surface area contributed by atoms with Gasteiger partial charge in [0.2, 0.25) is 0 Å². The van der Waals surface area contributed by atoms with E-state index in [1.54, 1.807) is 6.07 Å². The van der Waals surface area contributed by atoms with Gasteiger partial charge in [0.15, 0.2) is 0 Å². The van der Waals surface area contributed by atoms with Crippen molar-refractivity contribution < 1.29 is 0 Å². The Morgan fingerprint density at radius 3 is 2.20 bits per heavy atom. The topological polar surface area (TPSA) is 26.0 Å². The van der Waals surface area contributed by atoms with Gasteiger partial charge in [0, 0.05) is 5.56 Å². The van der Waals surface area contributed by atoms with E-state index in [1.807, 2.05) is 36.4 Å². The first-order chi connectivity index (χ1) is 7.20. The molecule has 0 aliphatic heterocycles. The number of hydrogen-bond acceptors (Lipinski definition) is 1. The number of hydrogen-bond donors (Lipinski definition) is 1. The summed E-state index contributed by atoms with van der Waals surface area (Å²) in [6.45, 7) is 0. The molecule has 0 fully saturated rings. The zero-order valence-electron chi connectivity index (χ0n) is 7.87. The van der Waals surface area contributed by atoms with Crippen molar-refractivity contribution in [1.29, 1.82) is 0 Å².